The molecule has 15 heavy (non-hydrogen) atoms. The van der Waals surface area contributed by atoms with Gasteiger partial charge in [-0.05, 0) is 32.1 Å². The molecule has 0 heterocycles. The molecule has 2 fully saturated rings. The molecule has 0 spiro atoms. The maximum atomic E-state index is 12.1. The maximum absolute atomic E-state index is 12.1. The van der Waals surface area contributed by atoms with E-state index in [-0.39, 0.29) is 23.5 Å². The van der Waals surface area contributed by atoms with E-state index in [9.17, 15) is 9.90 Å². The highest BCUT2D eigenvalue weighted by atomic mass is 16.3. The lowest BCUT2D eigenvalue weighted by molar-refractivity contribution is -0.134. The van der Waals surface area contributed by atoms with Gasteiger partial charge in [0.05, 0.1) is 12.1 Å². The number of carbonyl (C=O) groups is 1. The first-order valence-electron chi connectivity index (χ1n) is 6.04. The highest BCUT2D eigenvalue weighted by molar-refractivity contribution is 5.83. The average Bonchev–Trinajstić information content (AvgIpc) is 2.60. The third kappa shape index (κ3) is 1.89. The monoisotopic (exact) mass is 211 g/mol. The van der Waals surface area contributed by atoms with Crippen molar-refractivity contribution in [2.45, 2.75) is 57.4 Å². The van der Waals surface area contributed by atoms with E-state index in [1.807, 2.05) is 0 Å². The maximum Gasteiger partial charge on any atom is 0.226 e. The molecular formula is C12H21NO2. The third-order valence-corrected chi connectivity index (χ3v) is 4.25. The number of carbonyl (C=O) groups excluding carboxylic acids is 1. The number of amides is 1. The summed E-state index contributed by atoms with van der Waals surface area (Å²) < 4.78 is 0. The molecule has 0 saturated heterocycles. The van der Waals surface area contributed by atoms with Crippen LogP contribution in [-0.4, -0.2) is 23.2 Å². The molecule has 2 saturated carbocycles. The lowest BCUT2D eigenvalue weighted by atomic mass is 9.76. The zero-order valence-electron chi connectivity index (χ0n) is 9.51. The van der Waals surface area contributed by atoms with E-state index in [1.165, 1.54) is 0 Å². The number of aliphatic hydroxyl groups is 1. The third-order valence-electron chi connectivity index (χ3n) is 4.25. The molecule has 3 heteroatoms. The Morgan fingerprint density at radius 2 is 1.80 bits per heavy atom. The van der Waals surface area contributed by atoms with Crippen molar-refractivity contribution in [3.05, 3.63) is 0 Å². The van der Waals surface area contributed by atoms with Crippen molar-refractivity contribution in [2.24, 2.45) is 5.41 Å². The van der Waals surface area contributed by atoms with Crippen molar-refractivity contribution >= 4 is 5.91 Å². The largest absolute Gasteiger partial charge is 0.394 e. The van der Waals surface area contributed by atoms with Gasteiger partial charge in [0, 0.05) is 5.41 Å². The molecule has 0 aliphatic heterocycles. The summed E-state index contributed by atoms with van der Waals surface area (Å²) in [6.07, 6.45) is 7.32. The van der Waals surface area contributed by atoms with Crippen LogP contribution in [0.4, 0.5) is 0 Å². The predicted octanol–water partition coefficient (Wildman–Crippen LogP) is 1.60. The Labute approximate surface area is 91.2 Å². The van der Waals surface area contributed by atoms with Gasteiger partial charge in [-0.3, -0.25) is 4.79 Å². The summed E-state index contributed by atoms with van der Waals surface area (Å²) >= 11 is 0. The number of aliphatic hydroxyl groups excluding tert-OH is 1. The lowest BCUT2D eigenvalue weighted by Gasteiger charge is -2.43. The van der Waals surface area contributed by atoms with Crippen LogP contribution in [0, 0.1) is 5.41 Å². The van der Waals surface area contributed by atoms with Crippen molar-refractivity contribution in [1.82, 2.24) is 5.32 Å². The average molecular weight is 211 g/mol. The summed E-state index contributed by atoms with van der Waals surface area (Å²) in [4.78, 5) is 12.1. The number of hydrogen-bond donors (Lipinski definition) is 2. The number of rotatable bonds is 3. The van der Waals surface area contributed by atoms with E-state index >= 15 is 0 Å². The first-order valence-corrected chi connectivity index (χ1v) is 6.04. The molecule has 0 aromatic carbocycles. The van der Waals surface area contributed by atoms with Gasteiger partial charge in [0.1, 0.15) is 0 Å². The first kappa shape index (κ1) is 10.9. The van der Waals surface area contributed by atoms with E-state index in [0.717, 1.165) is 44.9 Å². The second-order valence-electron chi connectivity index (χ2n) is 5.51. The first-order chi connectivity index (χ1) is 7.10. The smallest absolute Gasteiger partial charge is 0.226 e. The zero-order chi connectivity index (χ0) is 10.9. The molecule has 0 radical (unpaired) electrons. The normalized spacial score (nSPS) is 27.1. The molecule has 86 valence electrons. The predicted molar refractivity (Wildman–Crippen MR) is 58.4 cm³/mol. The Kier molecular flexibility index (Phi) is 2.75. The molecule has 2 rings (SSSR count). The summed E-state index contributed by atoms with van der Waals surface area (Å²) in [6, 6.07) is 0. The van der Waals surface area contributed by atoms with E-state index in [4.69, 9.17) is 0 Å². The fourth-order valence-corrected chi connectivity index (χ4v) is 2.70. The van der Waals surface area contributed by atoms with E-state index in [1.54, 1.807) is 0 Å². The van der Waals surface area contributed by atoms with Crippen LogP contribution < -0.4 is 5.32 Å². The molecule has 0 aromatic heterocycles. The van der Waals surface area contributed by atoms with Crippen LogP contribution in [0.25, 0.3) is 0 Å². The summed E-state index contributed by atoms with van der Waals surface area (Å²) in [5.74, 6) is 0.161. The summed E-state index contributed by atoms with van der Waals surface area (Å²) in [7, 11) is 0. The second-order valence-corrected chi connectivity index (χ2v) is 5.51. The van der Waals surface area contributed by atoms with Crippen molar-refractivity contribution in [2.75, 3.05) is 6.61 Å². The molecule has 2 aliphatic carbocycles. The van der Waals surface area contributed by atoms with Gasteiger partial charge in [-0.25, -0.2) is 0 Å². The summed E-state index contributed by atoms with van der Waals surface area (Å²) in [5.41, 5.74) is -0.444. The second kappa shape index (κ2) is 3.78. The quantitative estimate of drug-likeness (QED) is 0.745. The minimum absolute atomic E-state index is 0.0921. The minimum Gasteiger partial charge on any atom is -0.394 e. The molecule has 3 nitrogen and oxygen atoms in total. The molecule has 2 aliphatic rings. The van der Waals surface area contributed by atoms with Crippen LogP contribution in [-0.2, 0) is 4.79 Å². The van der Waals surface area contributed by atoms with Crippen LogP contribution in [0.5, 0.6) is 0 Å². The Morgan fingerprint density at radius 3 is 2.20 bits per heavy atom. The van der Waals surface area contributed by atoms with Crippen LogP contribution >= 0.6 is 0 Å². The van der Waals surface area contributed by atoms with Crippen LogP contribution in [0.1, 0.15) is 51.9 Å². The van der Waals surface area contributed by atoms with Gasteiger partial charge in [-0.2, -0.15) is 0 Å². The highest BCUT2D eigenvalue weighted by Crippen LogP contribution is 2.39. The van der Waals surface area contributed by atoms with Gasteiger partial charge in [0.25, 0.3) is 0 Å². The topological polar surface area (TPSA) is 49.3 Å². The van der Waals surface area contributed by atoms with Crippen molar-refractivity contribution in [3.8, 4) is 0 Å². The highest BCUT2D eigenvalue weighted by Gasteiger charge is 2.43. The Morgan fingerprint density at radius 1 is 1.20 bits per heavy atom. The zero-order valence-corrected chi connectivity index (χ0v) is 9.51. The minimum atomic E-state index is -0.275. The number of hydrogen-bond acceptors (Lipinski definition) is 2. The van der Waals surface area contributed by atoms with Crippen molar-refractivity contribution in [3.63, 3.8) is 0 Å². The Bertz CT molecular complexity index is 247. The van der Waals surface area contributed by atoms with Gasteiger partial charge in [0.2, 0.25) is 5.91 Å². The molecule has 0 aromatic rings. The standard InChI is InChI=1S/C12H21NO2/c1-11(5-2-3-6-11)10(15)13-12(9-14)7-4-8-12/h14H,2-9H2,1H3,(H,13,15). The van der Waals surface area contributed by atoms with Crippen molar-refractivity contribution < 1.29 is 9.90 Å². The molecule has 0 atom stereocenters. The van der Waals surface area contributed by atoms with Crippen LogP contribution in [0.3, 0.4) is 0 Å². The van der Waals surface area contributed by atoms with Crippen molar-refractivity contribution in [1.29, 1.82) is 0 Å². The summed E-state index contributed by atoms with van der Waals surface area (Å²) in [6.45, 7) is 2.15. The van der Waals surface area contributed by atoms with Gasteiger partial charge < -0.3 is 10.4 Å². The van der Waals surface area contributed by atoms with Gasteiger partial charge in [-0.15, -0.1) is 0 Å². The molecule has 1 amide bonds. The van der Waals surface area contributed by atoms with E-state index in [2.05, 4.69) is 12.2 Å². The SMILES string of the molecule is CC1(C(=O)NC2(CO)CCC2)CCCC1. The Hall–Kier alpha value is -0.570. The van der Waals surface area contributed by atoms with Gasteiger partial charge in [-0.1, -0.05) is 19.8 Å². The van der Waals surface area contributed by atoms with Gasteiger partial charge in [0.15, 0.2) is 0 Å². The fourth-order valence-electron chi connectivity index (χ4n) is 2.70. The lowest BCUT2D eigenvalue weighted by Crippen LogP contribution is -2.58. The van der Waals surface area contributed by atoms with Gasteiger partial charge >= 0.3 is 0 Å². The molecule has 2 N–H and O–H groups in total. The van der Waals surface area contributed by atoms with E-state index < -0.39 is 0 Å². The summed E-state index contributed by atoms with van der Waals surface area (Å²) in [5, 5.41) is 12.4. The molecule has 0 bridgehead atoms. The van der Waals surface area contributed by atoms with E-state index in [0.29, 0.717) is 0 Å². The fraction of sp³-hybridized carbons (Fsp3) is 0.917. The number of nitrogens with one attached hydrogen (secondary N) is 1. The van der Waals surface area contributed by atoms with Crippen LogP contribution in [0.15, 0.2) is 0 Å². The van der Waals surface area contributed by atoms with Crippen LogP contribution in [0.2, 0.25) is 0 Å². The Balaban J connectivity index is 1.96. The molecular weight excluding hydrogens is 190 g/mol. The molecule has 0 unspecified atom stereocenters.